The standard InChI is InChI=1S/C14H20N4O2.HI/c1-18(2)14(15)16-9-13(19)17-11-7-8-20-12-6-4-3-5-10(11)12;/h3-6,11H,7-9H2,1-2H3,(H2,15,16)(H,17,19);1H. The molecule has 7 heteroatoms. The van der Waals surface area contributed by atoms with Gasteiger partial charge in [-0.15, -0.1) is 24.0 Å². The smallest absolute Gasteiger partial charge is 0.242 e. The normalized spacial score (nSPS) is 17.0. The number of hydrogen-bond donors (Lipinski definition) is 2. The van der Waals surface area contributed by atoms with E-state index in [9.17, 15) is 4.79 Å². The molecule has 0 bridgehead atoms. The van der Waals surface area contributed by atoms with Gasteiger partial charge in [0.1, 0.15) is 12.3 Å². The van der Waals surface area contributed by atoms with Crippen molar-refractivity contribution in [2.45, 2.75) is 12.5 Å². The molecule has 0 fully saturated rings. The number of ether oxygens (including phenoxy) is 1. The molecule has 1 aliphatic heterocycles. The highest BCUT2D eigenvalue weighted by Gasteiger charge is 2.22. The number of carbonyl (C=O) groups is 1. The first-order valence-electron chi connectivity index (χ1n) is 6.56. The van der Waals surface area contributed by atoms with Crippen LogP contribution in [0.2, 0.25) is 0 Å². The Balaban J connectivity index is 0.00000220. The predicted molar refractivity (Wildman–Crippen MR) is 93.0 cm³/mol. The fraction of sp³-hybridized carbons (Fsp3) is 0.429. The Morgan fingerprint density at radius 2 is 2.19 bits per heavy atom. The van der Waals surface area contributed by atoms with E-state index in [0.29, 0.717) is 12.6 Å². The third-order valence-electron chi connectivity index (χ3n) is 3.14. The lowest BCUT2D eigenvalue weighted by Gasteiger charge is -2.26. The molecule has 1 aromatic carbocycles. The van der Waals surface area contributed by atoms with E-state index >= 15 is 0 Å². The number of para-hydroxylation sites is 1. The number of halogens is 1. The second-order valence-electron chi connectivity index (χ2n) is 4.86. The number of fused-ring (bicyclic) bond motifs is 1. The molecule has 1 unspecified atom stereocenters. The maximum atomic E-state index is 11.9. The van der Waals surface area contributed by atoms with E-state index < -0.39 is 0 Å². The number of benzene rings is 1. The second kappa shape index (κ2) is 8.06. The van der Waals surface area contributed by atoms with Crippen LogP contribution in [-0.2, 0) is 4.79 Å². The molecule has 1 aromatic rings. The molecular formula is C14H21IN4O2. The van der Waals surface area contributed by atoms with Gasteiger partial charge in [0.2, 0.25) is 5.91 Å². The highest BCUT2D eigenvalue weighted by Crippen LogP contribution is 2.31. The van der Waals surface area contributed by atoms with Crippen LogP contribution in [0.4, 0.5) is 0 Å². The topological polar surface area (TPSA) is 80.0 Å². The molecule has 1 aliphatic rings. The van der Waals surface area contributed by atoms with Crippen LogP contribution in [0, 0.1) is 0 Å². The van der Waals surface area contributed by atoms with Gasteiger partial charge in [0.05, 0.1) is 12.6 Å². The van der Waals surface area contributed by atoms with E-state index in [1.165, 1.54) is 0 Å². The molecular weight excluding hydrogens is 383 g/mol. The van der Waals surface area contributed by atoms with E-state index in [1.54, 1.807) is 19.0 Å². The van der Waals surface area contributed by atoms with Crippen molar-refractivity contribution in [1.29, 1.82) is 0 Å². The zero-order chi connectivity index (χ0) is 14.5. The monoisotopic (exact) mass is 404 g/mol. The Kier molecular flexibility index (Phi) is 6.73. The Labute approximate surface area is 141 Å². The number of nitrogens with zero attached hydrogens (tertiary/aromatic N) is 2. The van der Waals surface area contributed by atoms with E-state index in [0.717, 1.165) is 17.7 Å². The maximum Gasteiger partial charge on any atom is 0.242 e. The first-order chi connectivity index (χ1) is 9.58. The summed E-state index contributed by atoms with van der Waals surface area (Å²) in [7, 11) is 3.57. The Morgan fingerprint density at radius 3 is 2.90 bits per heavy atom. The number of aliphatic imine (C=N–C) groups is 1. The summed E-state index contributed by atoms with van der Waals surface area (Å²) >= 11 is 0. The number of nitrogens with one attached hydrogen (secondary N) is 1. The van der Waals surface area contributed by atoms with Crippen LogP contribution in [0.1, 0.15) is 18.0 Å². The molecule has 21 heavy (non-hydrogen) atoms. The molecule has 0 spiro atoms. The van der Waals surface area contributed by atoms with Gasteiger partial charge in [-0.2, -0.15) is 0 Å². The summed E-state index contributed by atoms with van der Waals surface area (Å²) in [6.07, 6.45) is 0.760. The lowest BCUT2D eigenvalue weighted by Crippen LogP contribution is -2.35. The minimum absolute atomic E-state index is 0. The minimum Gasteiger partial charge on any atom is -0.493 e. The van der Waals surface area contributed by atoms with E-state index in [1.807, 2.05) is 24.3 Å². The van der Waals surface area contributed by atoms with Gasteiger partial charge in [-0.05, 0) is 6.07 Å². The summed E-state index contributed by atoms with van der Waals surface area (Å²) in [5.41, 5.74) is 6.66. The SMILES string of the molecule is CN(C)C(N)=NCC(=O)NC1CCOc2ccccc21.I. The van der Waals surface area contributed by atoms with Crippen LogP contribution in [0.5, 0.6) is 5.75 Å². The predicted octanol–water partition coefficient (Wildman–Crippen LogP) is 1.12. The van der Waals surface area contributed by atoms with Gasteiger partial charge >= 0.3 is 0 Å². The number of amides is 1. The van der Waals surface area contributed by atoms with Crippen molar-refractivity contribution in [1.82, 2.24) is 10.2 Å². The minimum atomic E-state index is -0.142. The third-order valence-corrected chi connectivity index (χ3v) is 3.14. The number of rotatable bonds is 3. The summed E-state index contributed by atoms with van der Waals surface area (Å²) in [6, 6.07) is 7.72. The van der Waals surface area contributed by atoms with Crippen LogP contribution in [0.3, 0.4) is 0 Å². The van der Waals surface area contributed by atoms with Gasteiger partial charge in [0.15, 0.2) is 5.96 Å². The number of guanidine groups is 1. The molecule has 116 valence electrons. The Hall–Kier alpha value is -1.51. The summed E-state index contributed by atoms with van der Waals surface area (Å²) in [6.45, 7) is 0.634. The lowest BCUT2D eigenvalue weighted by atomic mass is 10.0. The average Bonchev–Trinajstić information content (AvgIpc) is 2.45. The molecule has 0 aliphatic carbocycles. The van der Waals surface area contributed by atoms with Crippen LogP contribution in [-0.4, -0.2) is 44.0 Å². The van der Waals surface area contributed by atoms with E-state index in [-0.39, 0.29) is 42.5 Å². The van der Waals surface area contributed by atoms with Crippen molar-refractivity contribution in [2.75, 3.05) is 27.2 Å². The zero-order valence-corrected chi connectivity index (χ0v) is 14.5. The molecule has 1 atom stereocenters. The Bertz CT molecular complexity index is 519. The van der Waals surface area contributed by atoms with Crippen molar-refractivity contribution in [3.63, 3.8) is 0 Å². The largest absolute Gasteiger partial charge is 0.493 e. The molecule has 1 heterocycles. The van der Waals surface area contributed by atoms with Crippen molar-refractivity contribution in [2.24, 2.45) is 10.7 Å². The average molecular weight is 404 g/mol. The number of carbonyl (C=O) groups excluding carboxylic acids is 1. The second-order valence-corrected chi connectivity index (χ2v) is 4.86. The van der Waals surface area contributed by atoms with Gasteiger partial charge in [0, 0.05) is 26.1 Å². The maximum absolute atomic E-state index is 11.9. The van der Waals surface area contributed by atoms with Crippen molar-refractivity contribution in [3.05, 3.63) is 29.8 Å². The van der Waals surface area contributed by atoms with Gasteiger partial charge < -0.3 is 20.7 Å². The van der Waals surface area contributed by atoms with E-state index in [2.05, 4.69) is 10.3 Å². The fourth-order valence-corrected chi connectivity index (χ4v) is 2.03. The van der Waals surface area contributed by atoms with Gasteiger partial charge in [0.25, 0.3) is 0 Å². The van der Waals surface area contributed by atoms with Gasteiger partial charge in [-0.3, -0.25) is 4.79 Å². The van der Waals surface area contributed by atoms with Crippen molar-refractivity contribution >= 4 is 35.8 Å². The van der Waals surface area contributed by atoms with Crippen LogP contribution < -0.4 is 15.8 Å². The number of hydrogen-bond acceptors (Lipinski definition) is 3. The highest BCUT2D eigenvalue weighted by atomic mass is 127. The Morgan fingerprint density at radius 1 is 1.48 bits per heavy atom. The summed E-state index contributed by atoms with van der Waals surface area (Å²) in [4.78, 5) is 17.6. The van der Waals surface area contributed by atoms with E-state index in [4.69, 9.17) is 10.5 Å². The lowest BCUT2D eigenvalue weighted by molar-refractivity contribution is -0.120. The van der Waals surface area contributed by atoms with Crippen molar-refractivity contribution < 1.29 is 9.53 Å². The molecule has 0 aromatic heterocycles. The van der Waals surface area contributed by atoms with Gasteiger partial charge in [-0.25, -0.2) is 4.99 Å². The molecule has 1 amide bonds. The molecule has 3 N–H and O–H groups in total. The van der Waals surface area contributed by atoms with Crippen LogP contribution in [0.25, 0.3) is 0 Å². The van der Waals surface area contributed by atoms with Crippen LogP contribution in [0.15, 0.2) is 29.3 Å². The molecule has 6 nitrogen and oxygen atoms in total. The number of nitrogens with two attached hydrogens (primary N) is 1. The quantitative estimate of drug-likeness (QED) is 0.450. The summed E-state index contributed by atoms with van der Waals surface area (Å²) in [5, 5.41) is 2.97. The molecule has 0 radical (unpaired) electrons. The fourth-order valence-electron chi connectivity index (χ4n) is 2.03. The highest BCUT2D eigenvalue weighted by molar-refractivity contribution is 14.0. The summed E-state index contributed by atoms with van der Waals surface area (Å²) in [5.74, 6) is 1.03. The first-order valence-corrected chi connectivity index (χ1v) is 6.56. The van der Waals surface area contributed by atoms with Crippen molar-refractivity contribution in [3.8, 4) is 5.75 Å². The molecule has 0 saturated heterocycles. The van der Waals surface area contributed by atoms with Crippen LogP contribution >= 0.6 is 24.0 Å². The first kappa shape index (κ1) is 17.5. The summed E-state index contributed by atoms with van der Waals surface area (Å²) < 4.78 is 5.56. The van der Waals surface area contributed by atoms with Gasteiger partial charge in [-0.1, -0.05) is 18.2 Å². The zero-order valence-electron chi connectivity index (χ0n) is 12.2. The molecule has 0 saturated carbocycles. The molecule has 2 rings (SSSR count). The third kappa shape index (κ3) is 4.76.